The summed E-state index contributed by atoms with van der Waals surface area (Å²) in [5.41, 5.74) is -0.0624. The van der Waals surface area contributed by atoms with E-state index in [4.69, 9.17) is 0 Å². The van der Waals surface area contributed by atoms with E-state index in [0.717, 1.165) is 5.69 Å². The highest BCUT2D eigenvalue weighted by Crippen LogP contribution is 2.38. The van der Waals surface area contributed by atoms with Gasteiger partial charge < -0.3 is 10.0 Å². The molecule has 2 atom stereocenters. The van der Waals surface area contributed by atoms with Crippen LogP contribution in [0.15, 0.2) is 59.7 Å². The van der Waals surface area contributed by atoms with Crippen LogP contribution >= 0.6 is 0 Å². The van der Waals surface area contributed by atoms with Gasteiger partial charge in [0.05, 0.1) is 11.8 Å². The third-order valence-corrected chi connectivity index (χ3v) is 4.34. The van der Waals surface area contributed by atoms with Crippen LogP contribution in [0.3, 0.4) is 0 Å². The third-order valence-electron chi connectivity index (χ3n) is 4.34. The van der Waals surface area contributed by atoms with Crippen molar-refractivity contribution in [2.45, 2.75) is 12.3 Å². The van der Waals surface area contributed by atoms with E-state index in [9.17, 15) is 23.1 Å². The van der Waals surface area contributed by atoms with E-state index in [1.54, 1.807) is 30.3 Å². The van der Waals surface area contributed by atoms with E-state index in [2.05, 4.69) is 5.10 Å². The smallest absolute Gasteiger partial charge is 0.387 e. The molecule has 0 saturated carbocycles. The van der Waals surface area contributed by atoms with Gasteiger partial charge in [-0.25, -0.2) is 0 Å². The summed E-state index contributed by atoms with van der Waals surface area (Å²) in [6.45, 7) is 0. The maximum absolute atomic E-state index is 13.5. The number of anilines is 2. The van der Waals surface area contributed by atoms with Crippen LogP contribution in [0.25, 0.3) is 0 Å². The number of para-hydroxylation sites is 1. The number of benzene rings is 2. The van der Waals surface area contributed by atoms with Crippen LogP contribution in [-0.2, 0) is 4.79 Å². The summed E-state index contributed by atoms with van der Waals surface area (Å²) < 4.78 is 40.5. The van der Waals surface area contributed by atoms with Crippen molar-refractivity contribution in [3.63, 3.8) is 0 Å². The van der Waals surface area contributed by atoms with Crippen LogP contribution in [0.5, 0.6) is 0 Å². The van der Waals surface area contributed by atoms with Crippen molar-refractivity contribution in [2.24, 2.45) is 11.0 Å². The number of hydrogen-bond donors (Lipinski definition) is 1. The first kappa shape index (κ1) is 18.9. The zero-order valence-corrected chi connectivity index (χ0v) is 14.7. The van der Waals surface area contributed by atoms with Crippen LogP contribution in [0.1, 0.15) is 11.7 Å². The lowest BCUT2D eigenvalue weighted by molar-refractivity contribution is -0.123. The molecule has 1 N–H and O–H groups in total. The quantitative estimate of drug-likeness (QED) is 0.889. The largest absolute Gasteiger partial charge is 0.432 e. The Morgan fingerprint density at radius 2 is 1.67 bits per heavy atom. The average Bonchev–Trinajstić information content (AvgIpc) is 2.99. The van der Waals surface area contributed by atoms with Crippen molar-refractivity contribution in [2.75, 3.05) is 24.0 Å². The number of nitrogens with zero attached hydrogens (tertiary/aromatic N) is 3. The Labute approximate surface area is 154 Å². The second-order valence-corrected chi connectivity index (χ2v) is 6.38. The van der Waals surface area contributed by atoms with Gasteiger partial charge >= 0.3 is 6.18 Å². The maximum atomic E-state index is 13.5. The number of aliphatic hydroxyl groups excluding tert-OH is 1. The summed E-state index contributed by atoms with van der Waals surface area (Å²) in [5, 5.41) is 14.8. The van der Waals surface area contributed by atoms with Crippen molar-refractivity contribution in [3.05, 3.63) is 60.2 Å². The number of aliphatic hydroxyl groups is 1. The first-order valence-corrected chi connectivity index (χ1v) is 8.20. The predicted octanol–water partition coefficient (Wildman–Crippen LogP) is 3.37. The topological polar surface area (TPSA) is 56.1 Å². The van der Waals surface area contributed by atoms with Gasteiger partial charge in [0.25, 0.3) is 5.91 Å². The molecule has 5 nitrogen and oxygen atoms in total. The van der Waals surface area contributed by atoms with E-state index in [1.807, 2.05) is 19.0 Å². The monoisotopic (exact) mass is 377 g/mol. The van der Waals surface area contributed by atoms with Gasteiger partial charge in [0, 0.05) is 19.8 Å². The molecule has 0 unspecified atom stereocenters. The Morgan fingerprint density at radius 3 is 2.19 bits per heavy atom. The summed E-state index contributed by atoms with van der Waals surface area (Å²) in [4.78, 5) is 14.5. The molecule has 1 aliphatic heterocycles. The Balaban J connectivity index is 1.97. The Kier molecular flexibility index (Phi) is 4.93. The number of carbonyl (C=O) groups excluding carboxylic acids is 1. The van der Waals surface area contributed by atoms with Crippen molar-refractivity contribution < 1.29 is 23.1 Å². The van der Waals surface area contributed by atoms with Gasteiger partial charge in [-0.1, -0.05) is 30.3 Å². The molecule has 1 aliphatic rings. The van der Waals surface area contributed by atoms with Gasteiger partial charge in [-0.3, -0.25) is 4.79 Å². The Bertz CT molecular complexity index is 849. The molecule has 142 valence electrons. The fourth-order valence-corrected chi connectivity index (χ4v) is 2.90. The number of hydrazone groups is 1. The highest BCUT2D eigenvalue weighted by atomic mass is 19.4. The first-order valence-electron chi connectivity index (χ1n) is 8.20. The van der Waals surface area contributed by atoms with Gasteiger partial charge in [-0.15, -0.1) is 0 Å². The fourth-order valence-electron chi connectivity index (χ4n) is 2.90. The Morgan fingerprint density at radius 1 is 1.07 bits per heavy atom. The van der Waals surface area contributed by atoms with Crippen LogP contribution in [0.2, 0.25) is 0 Å². The summed E-state index contributed by atoms with van der Waals surface area (Å²) >= 11 is 0. The second-order valence-electron chi connectivity index (χ2n) is 6.38. The lowest BCUT2D eigenvalue weighted by Gasteiger charge is -2.21. The van der Waals surface area contributed by atoms with Crippen molar-refractivity contribution in [1.29, 1.82) is 0 Å². The number of rotatable bonds is 4. The molecule has 0 aliphatic carbocycles. The third kappa shape index (κ3) is 3.66. The molecule has 2 aromatic carbocycles. The van der Waals surface area contributed by atoms with Gasteiger partial charge in [-0.05, 0) is 29.8 Å². The lowest BCUT2D eigenvalue weighted by atomic mass is 9.90. The van der Waals surface area contributed by atoms with Crippen molar-refractivity contribution >= 4 is 23.0 Å². The SMILES string of the molecule is CN(C)c1ccc([C@H](O)[C@@H]2C(=O)N(c3ccccc3)N=C2C(F)(F)F)cc1. The summed E-state index contributed by atoms with van der Waals surface area (Å²) in [5.74, 6) is -2.74. The molecule has 3 rings (SSSR count). The highest BCUT2D eigenvalue weighted by molar-refractivity contribution is 6.17. The van der Waals surface area contributed by atoms with Gasteiger partial charge in [0.1, 0.15) is 5.92 Å². The minimum atomic E-state index is -4.84. The van der Waals surface area contributed by atoms with E-state index in [0.29, 0.717) is 5.01 Å². The molecule has 0 radical (unpaired) electrons. The van der Waals surface area contributed by atoms with Crippen LogP contribution < -0.4 is 9.91 Å². The van der Waals surface area contributed by atoms with E-state index in [1.165, 1.54) is 24.3 Å². The molecule has 1 amide bonds. The fraction of sp³-hybridized carbons (Fsp3) is 0.263. The molecule has 0 saturated heterocycles. The molecule has 2 aromatic rings. The molecular formula is C19H18F3N3O2. The zero-order chi connectivity index (χ0) is 19.8. The van der Waals surface area contributed by atoms with Crippen molar-refractivity contribution in [3.8, 4) is 0 Å². The van der Waals surface area contributed by atoms with E-state index >= 15 is 0 Å². The Hall–Kier alpha value is -2.87. The van der Waals surface area contributed by atoms with Crippen LogP contribution in [-0.4, -0.2) is 37.0 Å². The van der Waals surface area contributed by atoms with Crippen LogP contribution in [0.4, 0.5) is 24.5 Å². The lowest BCUT2D eigenvalue weighted by Crippen LogP contribution is -2.37. The van der Waals surface area contributed by atoms with E-state index < -0.39 is 29.8 Å². The summed E-state index contributed by atoms with van der Waals surface area (Å²) in [6.07, 6.45) is -6.50. The molecule has 0 fully saturated rings. The predicted molar refractivity (Wildman–Crippen MR) is 96.6 cm³/mol. The molecule has 0 aromatic heterocycles. The molecule has 27 heavy (non-hydrogen) atoms. The molecule has 1 heterocycles. The maximum Gasteiger partial charge on any atom is 0.432 e. The van der Waals surface area contributed by atoms with Gasteiger partial charge in [0.15, 0.2) is 5.71 Å². The molecule has 0 spiro atoms. The van der Waals surface area contributed by atoms with Gasteiger partial charge in [0.2, 0.25) is 0 Å². The number of hydrogen-bond acceptors (Lipinski definition) is 4. The number of alkyl halides is 3. The number of carbonyl (C=O) groups is 1. The standard InChI is InChI=1S/C19H18F3N3O2/c1-24(2)13-10-8-12(9-11-13)16(26)15-17(19(20,21)22)23-25(18(15)27)14-6-4-3-5-7-14/h3-11,15-16,26H,1-2H3/t15-,16-/m0/s1. The van der Waals surface area contributed by atoms with Gasteiger partial charge in [-0.2, -0.15) is 23.3 Å². The number of halogens is 3. The van der Waals surface area contributed by atoms with Crippen LogP contribution in [0, 0.1) is 5.92 Å². The molecular weight excluding hydrogens is 359 g/mol. The van der Waals surface area contributed by atoms with E-state index in [-0.39, 0.29) is 11.3 Å². The normalized spacial score (nSPS) is 18.4. The minimum Gasteiger partial charge on any atom is -0.387 e. The molecule has 8 heteroatoms. The first-order chi connectivity index (χ1) is 12.7. The second kappa shape index (κ2) is 7.03. The minimum absolute atomic E-state index is 0.210. The average molecular weight is 377 g/mol. The zero-order valence-electron chi connectivity index (χ0n) is 14.7. The molecule has 0 bridgehead atoms. The summed E-state index contributed by atoms with van der Waals surface area (Å²) in [7, 11) is 3.64. The summed E-state index contributed by atoms with van der Waals surface area (Å²) in [6, 6.07) is 14.2. The van der Waals surface area contributed by atoms with Crippen molar-refractivity contribution in [1.82, 2.24) is 0 Å². The number of amides is 1. The highest BCUT2D eigenvalue weighted by Gasteiger charge is 2.53.